The van der Waals surface area contributed by atoms with Crippen molar-refractivity contribution >= 4 is 26.7 Å². The lowest BCUT2D eigenvalue weighted by molar-refractivity contribution is -0.265. The Kier molecular flexibility index (Phi) is 11.8. The van der Waals surface area contributed by atoms with Crippen LogP contribution in [0.15, 0.2) is 72.8 Å². The fourth-order valence-corrected chi connectivity index (χ4v) is 6.47. The second-order valence-corrected chi connectivity index (χ2v) is 14.7. The second-order valence-electron chi connectivity index (χ2n) is 12.4. The molecule has 0 saturated carbocycles. The summed E-state index contributed by atoms with van der Waals surface area (Å²) in [4.78, 5) is 30.6. The van der Waals surface area contributed by atoms with Crippen LogP contribution in [0.2, 0.25) is 13.1 Å². The average molecular weight is 646 g/mol. The van der Waals surface area contributed by atoms with Crippen LogP contribution >= 0.6 is 0 Å². The summed E-state index contributed by atoms with van der Waals surface area (Å²) in [6.45, 7) is 10.5. The molecule has 0 aliphatic rings. The monoisotopic (exact) mass is 645 g/mol. The van der Waals surface area contributed by atoms with Gasteiger partial charge in [-0.3, -0.25) is 10.1 Å². The molecule has 0 fully saturated rings. The third kappa shape index (κ3) is 9.79. The first-order valence-corrected chi connectivity index (χ1v) is 17.5. The lowest BCUT2D eigenvalue weighted by Gasteiger charge is -2.50. The molecule has 0 aliphatic heterocycles. The molecule has 0 bridgehead atoms. The van der Waals surface area contributed by atoms with Gasteiger partial charge in [0.2, 0.25) is 5.88 Å². The van der Waals surface area contributed by atoms with Crippen molar-refractivity contribution in [1.82, 2.24) is 10.3 Å². The Morgan fingerprint density at radius 2 is 1.51 bits per heavy atom. The van der Waals surface area contributed by atoms with E-state index in [2.05, 4.69) is 15.6 Å². The van der Waals surface area contributed by atoms with E-state index < -0.39 is 56.8 Å². The number of hydrogen-bond donors (Lipinski definition) is 2. The molecule has 1 heterocycles. The highest BCUT2D eigenvalue weighted by Crippen LogP contribution is 2.49. The molecule has 3 rings (SSSR count). The predicted octanol–water partition coefficient (Wildman–Crippen LogP) is 7.57. The maximum atomic E-state index is 14.7. The van der Waals surface area contributed by atoms with Crippen LogP contribution in [-0.4, -0.2) is 44.5 Å². The first-order chi connectivity index (χ1) is 21.0. The Balaban J connectivity index is 1.89. The SMILES string of the molecule is CC(C)C(NC(=O)COc1nc(-c2ccccc2)ccc1NC(=O)OCc1ccccc1)(O[SiH](C)C)C(C(C)(C)C)C(F)(F)F. The lowest BCUT2D eigenvalue weighted by atomic mass is 9.70. The zero-order valence-electron chi connectivity index (χ0n) is 26.7. The van der Waals surface area contributed by atoms with Crippen LogP contribution in [0.1, 0.15) is 40.2 Å². The Bertz CT molecular complexity index is 1400. The minimum absolute atomic E-state index is 0.0192. The van der Waals surface area contributed by atoms with Crippen molar-refractivity contribution in [2.75, 3.05) is 11.9 Å². The van der Waals surface area contributed by atoms with Gasteiger partial charge in [0.1, 0.15) is 23.9 Å². The molecule has 0 saturated heterocycles. The summed E-state index contributed by atoms with van der Waals surface area (Å²) in [5, 5.41) is 5.16. The van der Waals surface area contributed by atoms with Crippen molar-refractivity contribution < 1.29 is 36.7 Å². The maximum Gasteiger partial charge on any atom is 0.412 e. The third-order valence-electron chi connectivity index (χ3n) is 6.96. The maximum absolute atomic E-state index is 14.7. The van der Waals surface area contributed by atoms with E-state index in [0.717, 1.165) is 11.1 Å². The van der Waals surface area contributed by atoms with Gasteiger partial charge in [0, 0.05) is 11.5 Å². The van der Waals surface area contributed by atoms with E-state index in [1.807, 2.05) is 60.7 Å². The number of amides is 2. The van der Waals surface area contributed by atoms with E-state index in [-0.39, 0.29) is 18.2 Å². The molecular weight excluding hydrogens is 603 g/mol. The van der Waals surface area contributed by atoms with Crippen molar-refractivity contribution in [2.45, 2.75) is 66.2 Å². The van der Waals surface area contributed by atoms with E-state index in [1.54, 1.807) is 39.1 Å². The number of carbonyl (C=O) groups is 2. The number of anilines is 1. The summed E-state index contributed by atoms with van der Waals surface area (Å²) >= 11 is 0. The van der Waals surface area contributed by atoms with E-state index in [0.29, 0.717) is 5.69 Å². The molecular formula is C33H42F3N3O5Si. The van der Waals surface area contributed by atoms with Crippen molar-refractivity contribution in [3.63, 3.8) is 0 Å². The topological polar surface area (TPSA) is 98.8 Å². The number of alkyl halides is 3. The average Bonchev–Trinajstić information content (AvgIpc) is 2.94. The van der Waals surface area contributed by atoms with Crippen molar-refractivity contribution in [2.24, 2.45) is 17.3 Å². The van der Waals surface area contributed by atoms with Gasteiger partial charge in [-0.1, -0.05) is 95.3 Å². The molecule has 2 N–H and O–H groups in total. The van der Waals surface area contributed by atoms with Crippen LogP contribution < -0.4 is 15.4 Å². The Morgan fingerprint density at radius 1 is 0.911 bits per heavy atom. The van der Waals surface area contributed by atoms with Gasteiger partial charge in [0.25, 0.3) is 5.91 Å². The van der Waals surface area contributed by atoms with E-state index in [9.17, 15) is 22.8 Å². The highest BCUT2D eigenvalue weighted by atomic mass is 28.3. The van der Waals surface area contributed by atoms with Crippen LogP contribution in [0.4, 0.5) is 23.7 Å². The highest BCUT2D eigenvalue weighted by molar-refractivity contribution is 6.48. The van der Waals surface area contributed by atoms with Crippen LogP contribution in [0.25, 0.3) is 11.3 Å². The fraction of sp³-hybridized carbons (Fsp3) is 0.424. The van der Waals surface area contributed by atoms with Crippen LogP contribution in [0, 0.1) is 17.3 Å². The van der Waals surface area contributed by atoms with Crippen molar-refractivity contribution in [3.8, 4) is 17.1 Å². The molecule has 0 aliphatic carbocycles. The lowest BCUT2D eigenvalue weighted by Crippen LogP contribution is -2.67. The molecule has 2 atom stereocenters. The standard InChI is InChI=1S/C33H42F3N3O5Si/c1-22(2)32(44-45(6)7,29(31(3,4)5)33(34,35)36)39-27(40)21-42-28-26(19-18-25(37-28)24-16-12-9-13-17-24)38-30(41)43-20-23-14-10-8-11-15-23/h8-19,22,29,45H,20-21H2,1-7H3,(H,38,41)(H,39,40). The number of nitrogens with one attached hydrogen (secondary N) is 2. The van der Waals surface area contributed by atoms with Gasteiger partial charge >= 0.3 is 12.3 Å². The number of ether oxygens (including phenoxy) is 2. The molecule has 8 nitrogen and oxygen atoms in total. The molecule has 0 radical (unpaired) electrons. The molecule has 2 aromatic carbocycles. The minimum atomic E-state index is -4.68. The van der Waals surface area contributed by atoms with Gasteiger partial charge in [-0.15, -0.1) is 0 Å². The minimum Gasteiger partial charge on any atom is -0.466 e. The van der Waals surface area contributed by atoms with Gasteiger partial charge in [-0.25, -0.2) is 9.78 Å². The number of aromatic nitrogens is 1. The molecule has 244 valence electrons. The summed E-state index contributed by atoms with van der Waals surface area (Å²) in [5.74, 6) is -3.70. The van der Waals surface area contributed by atoms with E-state index in [1.165, 1.54) is 20.8 Å². The van der Waals surface area contributed by atoms with Gasteiger partial charge in [0.05, 0.1) is 5.69 Å². The quantitative estimate of drug-likeness (QED) is 0.156. The van der Waals surface area contributed by atoms with Gasteiger partial charge < -0.3 is 19.2 Å². The number of pyridine rings is 1. The smallest absolute Gasteiger partial charge is 0.412 e. The largest absolute Gasteiger partial charge is 0.466 e. The summed E-state index contributed by atoms with van der Waals surface area (Å²) < 4.78 is 61.2. The zero-order valence-corrected chi connectivity index (χ0v) is 27.9. The normalized spacial score (nSPS) is 14.0. The van der Waals surface area contributed by atoms with Crippen molar-refractivity contribution in [3.05, 3.63) is 78.4 Å². The Morgan fingerprint density at radius 3 is 2.04 bits per heavy atom. The number of rotatable bonds is 12. The van der Waals surface area contributed by atoms with Crippen LogP contribution in [0.3, 0.4) is 0 Å². The van der Waals surface area contributed by atoms with Crippen LogP contribution in [-0.2, 0) is 20.6 Å². The van der Waals surface area contributed by atoms with Crippen LogP contribution in [0.5, 0.6) is 5.88 Å². The molecule has 0 spiro atoms. The summed E-state index contributed by atoms with van der Waals surface area (Å²) in [6.07, 6.45) is -5.46. The highest BCUT2D eigenvalue weighted by Gasteiger charge is 2.61. The van der Waals surface area contributed by atoms with Gasteiger partial charge in [0.15, 0.2) is 15.6 Å². The summed E-state index contributed by atoms with van der Waals surface area (Å²) in [6, 6.07) is 21.5. The molecule has 12 heteroatoms. The van der Waals surface area contributed by atoms with E-state index in [4.69, 9.17) is 13.9 Å². The fourth-order valence-electron chi connectivity index (χ4n) is 5.22. The number of halogens is 3. The second kappa shape index (κ2) is 14.9. The zero-order chi connectivity index (χ0) is 33.4. The molecule has 1 aromatic heterocycles. The van der Waals surface area contributed by atoms with Crippen molar-refractivity contribution in [1.29, 1.82) is 0 Å². The molecule has 2 unspecified atom stereocenters. The first kappa shape index (κ1) is 35.6. The van der Waals surface area contributed by atoms with E-state index >= 15 is 0 Å². The number of nitrogens with zero attached hydrogens (tertiary/aromatic N) is 1. The predicted molar refractivity (Wildman–Crippen MR) is 170 cm³/mol. The summed E-state index contributed by atoms with van der Waals surface area (Å²) in [7, 11) is -2.12. The molecule has 45 heavy (non-hydrogen) atoms. The number of benzene rings is 2. The molecule has 3 aromatic rings. The van der Waals surface area contributed by atoms with Gasteiger partial charge in [-0.05, 0) is 36.2 Å². The Labute approximate surface area is 264 Å². The summed E-state index contributed by atoms with van der Waals surface area (Å²) in [5.41, 5.74) is -1.21. The molecule has 2 amide bonds. The van der Waals surface area contributed by atoms with Gasteiger partial charge in [-0.2, -0.15) is 13.2 Å². The number of hydrogen-bond acceptors (Lipinski definition) is 6. The third-order valence-corrected chi connectivity index (χ3v) is 7.83. The number of carbonyl (C=O) groups excluding carboxylic acids is 2. The first-order valence-electron chi connectivity index (χ1n) is 14.8. The Hall–Kier alpha value is -3.90.